The fourth-order valence-electron chi connectivity index (χ4n) is 2.54. The number of amides is 1. The summed E-state index contributed by atoms with van der Waals surface area (Å²) in [5.74, 6) is 1.73. The molecule has 3 nitrogen and oxygen atoms in total. The van der Waals surface area contributed by atoms with E-state index in [1.54, 1.807) is 0 Å². The third-order valence-electron chi connectivity index (χ3n) is 3.68. The first-order valence-electron chi connectivity index (χ1n) is 7.60. The number of nitrogens with zero attached hydrogens (tertiary/aromatic N) is 1. The molecule has 0 saturated carbocycles. The number of rotatable bonds is 3. The molecule has 1 unspecified atom stereocenters. The van der Waals surface area contributed by atoms with Crippen LogP contribution in [0.1, 0.15) is 13.3 Å². The highest BCUT2D eigenvalue weighted by Gasteiger charge is 2.26. The number of para-hydroxylation sites is 1. The van der Waals surface area contributed by atoms with Crippen molar-refractivity contribution in [2.75, 3.05) is 17.2 Å². The molecule has 0 bridgehead atoms. The summed E-state index contributed by atoms with van der Waals surface area (Å²) in [6, 6.07) is 15.6. The van der Waals surface area contributed by atoms with Crippen LogP contribution in [0.15, 0.2) is 57.9 Å². The highest BCUT2D eigenvalue weighted by molar-refractivity contribution is 9.10. The van der Waals surface area contributed by atoms with Crippen molar-refractivity contribution in [1.29, 1.82) is 0 Å². The van der Waals surface area contributed by atoms with Gasteiger partial charge in [0.25, 0.3) is 5.91 Å². The van der Waals surface area contributed by atoms with Gasteiger partial charge in [-0.2, -0.15) is 0 Å². The first kappa shape index (κ1) is 16.4. The lowest BCUT2D eigenvalue weighted by atomic mass is 10.2. The molecule has 0 N–H and O–H groups in total. The molecule has 2 aromatic carbocycles. The van der Waals surface area contributed by atoms with E-state index < -0.39 is 6.10 Å². The predicted molar refractivity (Wildman–Crippen MR) is 98.4 cm³/mol. The number of fused-ring (bicyclic) bond motifs is 1. The van der Waals surface area contributed by atoms with Crippen LogP contribution in [-0.2, 0) is 4.79 Å². The normalized spacial score (nSPS) is 15.5. The van der Waals surface area contributed by atoms with Crippen LogP contribution < -0.4 is 9.64 Å². The molecule has 3 rings (SSSR count). The van der Waals surface area contributed by atoms with E-state index in [2.05, 4.69) is 22.0 Å². The van der Waals surface area contributed by atoms with E-state index >= 15 is 0 Å². The standard InChI is InChI=1S/C18H18BrNO2S/c1-13(22-15-9-7-14(19)8-10-15)18(21)20-11-4-12-23-17-6-3-2-5-16(17)20/h2-3,5-10,13H,4,11-12H2,1H3. The molecule has 23 heavy (non-hydrogen) atoms. The monoisotopic (exact) mass is 391 g/mol. The van der Waals surface area contributed by atoms with Crippen LogP contribution in [-0.4, -0.2) is 24.3 Å². The van der Waals surface area contributed by atoms with Crippen LogP contribution in [0.3, 0.4) is 0 Å². The number of hydrogen-bond donors (Lipinski definition) is 0. The third kappa shape index (κ3) is 3.90. The third-order valence-corrected chi connectivity index (χ3v) is 5.36. The molecule has 1 amide bonds. The Morgan fingerprint density at radius 2 is 1.96 bits per heavy atom. The minimum absolute atomic E-state index is 0.00266. The Kier molecular flexibility index (Phi) is 5.28. The molecule has 1 aliphatic rings. The van der Waals surface area contributed by atoms with E-state index in [0.29, 0.717) is 5.75 Å². The van der Waals surface area contributed by atoms with Crippen molar-refractivity contribution in [2.24, 2.45) is 0 Å². The average molecular weight is 392 g/mol. The van der Waals surface area contributed by atoms with Gasteiger partial charge in [-0.05, 0) is 55.5 Å². The van der Waals surface area contributed by atoms with Crippen molar-refractivity contribution in [2.45, 2.75) is 24.3 Å². The van der Waals surface area contributed by atoms with E-state index in [4.69, 9.17) is 4.74 Å². The smallest absolute Gasteiger partial charge is 0.267 e. The molecule has 0 radical (unpaired) electrons. The highest BCUT2D eigenvalue weighted by Crippen LogP contribution is 2.34. The minimum atomic E-state index is -0.521. The number of halogens is 1. The summed E-state index contributed by atoms with van der Waals surface area (Å²) in [5.41, 5.74) is 0.992. The Bertz CT molecular complexity index is 690. The van der Waals surface area contributed by atoms with Gasteiger partial charge in [0.1, 0.15) is 5.75 Å². The van der Waals surface area contributed by atoms with Gasteiger partial charge >= 0.3 is 0 Å². The van der Waals surface area contributed by atoms with Gasteiger partial charge in [0.05, 0.1) is 5.69 Å². The molecule has 1 heterocycles. The first-order valence-corrected chi connectivity index (χ1v) is 9.38. The van der Waals surface area contributed by atoms with E-state index in [1.165, 1.54) is 0 Å². The van der Waals surface area contributed by atoms with Crippen LogP contribution in [0.4, 0.5) is 5.69 Å². The second-order valence-corrected chi connectivity index (χ2v) is 7.43. The second kappa shape index (κ2) is 7.41. The van der Waals surface area contributed by atoms with E-state index in [0.717, 1.165) is 33.8 Å². The average Bonchev–Trinajstić information content (AvgIpc) is 2.78. The number of benzene rings is 2. The Morgan fingerprint density at radius 1 is 1.22 bits per heavy atom. The molecule has 1 aliphatic heterocycles. The molecule has 0 fully saturated rings. The van der Waals surface area contributed by atoms with Crippen LogP contribution in [0, 0.1) is 0 Å². The van der Waals surface area contributed by atoms with E-state index in [-0.39, 0.29) is 5.91 Å². The fourth-order valence-corrected chi connectivity index (χ4v) is 3.80. The van der Waals surface area contributed by atoms with Crippen LogP contribution in [0.2, 0.25) is 0 Å². The van der Waals surface area contributed by atoms with Crippen molar-refractivity contribution in [3.63, 3.8) is 0 Å². The first-order chi connectivity index (χ1) is 11.1. The number of carbonyl (C=O) groups excluding carboxylic acids is 1. The second-order valence-electron chi connectivity index (χ2n) is 5.37. The molecule has 0 spiro atoms. The minimum Gasteiger partial charge on any atom is -0.481 e. The van der Waals surface area contributed by atoms with Gasteiger partial charge in [-0.3, -0.25) is 4.79 Å². The topological polar surface area (TPSA) is 29.5 Å². The molecule has 120 valence electrons. The van der Waals surface area contributed by atoms with Gasteiger partial charge in [0.2, 0.25) is 0 Å². The number of anilines is 1. The molecule has 2 aromatic rings. The van der Waals surface area contributed by atoms with Gasteiger partial charge < -0.3 is 9.64 Å². The highest BCUT2D eigenvalue weighted by atomic mass is 79.9. The Labute approximate surface area is 149 Å². The lowest BCUT2D eigenvalue weighted by Gasteiger charge is -2.26. The van der Waals surface area contributed by atoms with Gasteiger partial charge in [0, 0.05) is 15.9 Å². The summed E-state index contributed by atoms with van der Waals surface area (Å²) in [5, 5.41) is 0. The van der Waals surface area contributed by atoms with Crippen molar-refractivity contribution >= 4 is 39.3 Å². The molecule has 5 heteroatoms. The zero-order valence-electron chi connectivity index (χ0n) is 12.9. The fraction of sp³-hybridized carbons (Fsp3) is 0.278. The zero-order chi connectivity index (χ0) is 16.2. The molecular weight excluding hydrogens is 374 g/mol. The summed E-state index contributed by atoms with van der Waals surface area (Å²) in [6.45, 7) is 2.54. The Balaban J connectivity index is 1.77. The summed E-state index contributed by atoms with van der Waals surface area (Å²) in [4.78, 5) is 15.9. The number of thioether (sulfide) groups is 1. The van der Waals surface area contributed by atoms with Crippen LogP contribution >= 0.6 is 27.7 Å². The van der Waals surface area contributed by atoms with Crippen molar-refractivity contribution in [1.82, 2.24) is 0 Å². The van der Waals surface area contributed by atoms with Gasteiger partial charge in [-0.15, -0.1) is 11.8 Å². The molecule has 0 saturated heterocycles. The molecule has 0 aromatic heterocycles. The van der Waals surface area contributed by atoms with Gasteiger partial charge in [-0.1, -0.05) is 28.1 Å². The summed E-state index contributed by atoms with van der Waals surface area (Å²) in [6.07, 6.45) is 0.461. The summed E-state index contributed by atoms with van der Waals surface area (Å²) >= 11 is 5.20. The maximum absolute atomic E-state index is 12.9. The van der Waals surface area contributed by atoms with E-state index in [1.807, 2.05) is 66.1 Å². The SMILES string of the molecule is CC(Oc1ccc(Br)cc1)C(=O)N1CCCSc2ccccc21. The Hall–Kier alpha value is -1.46. The summed E-state index contributed by atoms with van der Waals surface area (Å²) in [7, 11) is 0. The lowest BCUT2D eigenvalue weighted by Crippen LogP contribution is -2.41. The van der Waals surface area contributed by atoms with E-state index in [9.17, 15) is 4.79 Å². The maximum atomic E-state index is 12.9. The quantitative estimate of drug-likeness (QED) is 0.755. The zero-order valence-corrected chi connectivity index (χ0v) is 15.3. The number of hydrogen-bond acceptors (Lipinski definition) is 3. The Morgan fingerprint density at radius 3 is 2.74 bits per heavy atom. The summed E-state index contributed by atoms with van der Waals surface area (Å²) < 4.78 is 6.81. The predicted octanol–water partition coefficient (Wildman–Crippen LogP) is 4.75. The molecular formula is C18H18BrNO2S. The number of ether oxygens (including phenoxy) is 1. The van der Waals surface area contributed by atoms with Crippen molar-refractivity contribution in [3.05, 3.63) is 53.0 Å². The van der Waals surface area contributed by atoms with Crippen molar-refractivity contribution in [3.8, 4) is 5.75 Å². The van der Waals surface area contributed by atoms with Gasteiger partial charge in [0.15, 0.2) is 6.10 Å². The largest absolute Gasteiger partial charge is 0.481 e. The van der Waals surface area contributed by atoms with Crippen molar-refractivity contribution < 1.29 is 9.53 Å². The molecule has 1 atom stereocenters. The van der Waals surface area contributed by atoms with Crippen LogP contribution in [0.25, 0.3) is 0 Å². The van der Waals surface area contributed by atoms with Crippen LogP contribution in [0.5, 0.6) is 5.75 Å². The van der Waals surface area contributed by atoms with Gasteiger partial charge in [-0.25, -0.2) is 0 Å². The maximum Gasteiger partial charge on any atom is 0.267 e. The lowest BCUT2D eigenvalue weighted by molar-refractivity contribution is -0.124. The molecule has 0 aliphatic carbocycles. The number of carbonyl (C=O) groups is 1.